The lowest BCUT2D eigenvalue weighted by Gasteiger charge is -2.35. The number of piperazine rings is 1. The van der Waals surface area contributed by atoms with Crippen LogP contribution >= 0.6 is 0 Å². The van der Waals surface area contributed by atoms with Crippen molar-refractivity contribution in [2.45, 2.75) is 17.7 Å². The van der Waals surface area contributed by atoms with Crippen LogP contribution in [0.15, 0.2) is 59.5 Å². The Balaban J connectivity index is 1.27. The molecular formula is C26H34N4O4S. The number of sulfonamides is 1. The maximum absolute atomic E-state index is 12.7. The molecule has 0 saturated carbocycles. The number of rotatable bonds is 9. The molecule has 1 N–H and O–H groups in total. The van der Waals surface area contributed by atoms with Gasteiger partial charge in [-0.1, -0.05) is 24.3 Å². The Hall–Kier alpha value is -2.88. The van der Waals surface area contributed by atoms with Crippen LogP contribution in [0, 0.1) is 0 Å². The lowest BCUT2D eigenvalue weighted by Crippen LogP contribution is -2.49. The number of hydrogen-bond acceptors (Lipinski definition) is 6. The number of amides is 1. The van der Waals surface area contributed by atoms with Crippen LogP contribution in [0.5, 0.6) is 5.75 Å². The summed E-state index contributed by atoms with van der Waals surface area (Å²) in [5, 5.41) is 0. The van der Waals surface area contributed by atoms with E-state index in [0.29, 0.717) is 11.4 Å². The topological polar surface area (TPSA) is 82.2 Å². The van der Waals surface area contributed by atoms with E-state index in [1.165, 1.54) is 45.2 Å². The first-order chi connectivity index (χ1) is 16.9. The number of methoxy groups -OCH3 is 1. The van der Waals surface area contributed by atoms with Crippen LogP contribution in [0.3, 0.4) is 0 Å². The lowest BCUT2D eigenvalue weighted by atomic mass is 10.2. The van der Waals surface area contributed by atoms with E-state index in [4.69, 9.17) is 4.74 Å². The molecule has 0 spiro atoms. The summed E-state index contributed by atoms with van der Waals surface area (Å²) >= 11 is 0. The van der Waals surface area contributed by atoms with Crippen LogP contribution in [0.4, 0.5) is 5.69 Å². The van der Waals surface area contributed by atoms with Gasteiger partial charge in [0.05, 0.1) is 17.7 Å². The molecule has 35 heavy (non-hydrogen) atoms. The molecule has 2 saturated heterocycles. The molecule has 2 heterocycles. The zero-order chi connectivity index (χ0) is 24.7. The molecule has 0 unspecified atom stereocenters. The number of carbonyl (C=O) groups is 1. The van der Waals surface area contributed by atoms with E-state index in [9.17, 15) is 13.2 Å². The van der Waals surface area contributed by atoms with Crippen molar-refractivity contribution >= 4 is 27.7 Å². The van der Waals surface area contributed by atoms with Crippen molar-refractivity contribution in [3.63, 3.8) is 0 Å². The Morgan fingerprint density at radius 1 is 0.914 bits per heavy atom. The van der Waals surface area contributed by atoms with Crippen LogP contribution in [0.25, 0.3) is 6.08 Å². The smallest absolute Gasteiger partial charge is 0.262 e. The van der Waals surface area contributed by atoms with Crippen molar-refractivity contribution in [1.29, 1.82) is 0 Å². The van der Waals surface area contributed by atoms with Gasteiger partial charge in [0.1, 0.15) is 5.75 Å². The van der Waals surface area contributed by atoms with Crippen molar-refractivity contribution in [2.75, 3.05) is 64.2 Å². The second-order valence-corrected chi connectivity index (χ2v) is 10.6. The maximum atomic E-state index is 12.7. The molecule has 0 aliphatic carbocycles. The Bertz CT molecular complexity index is 1120. The second kappa shape index (κ2) is 11.7. The van der Waals surface area contributed by atoms with Crippen molar-refractivity contribution in [3.05, 3.63) is 60.2 Å². The third-order valence-corrected chi connectivity index (χ3v) is 7.96. The maximum Gasteiger partial charge on any atom is 0.262 e. The Morgan fingerprint density at radius 3 is 2.20 bits per heavy atom. The third-order valence-electron chi connectivity index (χ3n) is 6.58. The molecule has 9 heteroatoms. The van der Waals surface area contributed by atoms with E-state index in [-0.39, 0.29) is 10.8 Å². The number of ether oxygens (including phenoxy) is 1. The highest BCUT2D eigenvalue weighted by Gasteiger charge is 2.21. The summed E-state index contributed by atoms with van der Waals surface area (Å²) in [4.78, 5) is 19.6. The van der Waals surface area contributed by atoms with Crippen LogP contribution in [-0.4, -0.2) is 88.5 Å². The molecule has 2 aliphatic rings. The molecule has 8 nitrogen and oxygen atoms in total. The number of nitrogens with zero attached hydrogens (tertiary/aromatic N) is 3. The summed E-state index contributed by atoms with van der Waals surface area (Å²) in [7, 11) is -2.27. The van der Waals surface area contributed by atoms with Crippen molar-refractivity contribution in [3.8, 4) is 5.75 Å². The zero-order valence-corrected chi connectivity index (χ0v) is 21.0. The van der Waals surface area contributed by atoms with Gasteiger partial charge in [0.25, 0.3) is 10.0 Å². The number of para-hydroxylation sites is 2. The highest BCUT2D eigenvalue weighted by atomic mass is 32.2. The van der Waals surface area contributed by atoms with E-state index in [1.807, 2.05) is 4.90 Å². The molecule has 188 valence electrons. The fraction of sp³-hybridized carbons (Fsp3) is 0.423. The van der Waals surface area contributed by atoms with E-state index in [2.05, 4.69) is 14.5 Å². The van der Waals surface area contributed by atoms with Gasteiger partial charge in [0.2, 0.25) is 5.91 Å². The molecule has 0 atom stereocenters. The van der Waals surface area contributed by atoms with Gasteiger partial charge in [0.15, 0.2) is 0 Å². The van der Waals surface area contributed by atoms with Crippen LogP contribution < -0.4 is 9.46 Å². The number of likely N-dealkylation sites (tertiary alicyclic amines) is 1. The molecule has 1 amide bonds. The Labute approximate surface area is 208 Å². The van der Waals surface area contributed by atoms with Crippen molar-refractivity contribution in [1.82, 2.24) is 14.7 Å². The molecule has 2 aromatic carbocycles. The number of hydrogen-bond donors (Lipinski definition) is 1. The van der Waals surface area contributed by atoms with Gasteiger partial charge in [-0.15, -0.1) is 0 Å². The molecule has 2 fully saturated rings. The van der Waals surface area contributed by atoms with E-state index in [0.717, 1.165) is 44.8 Å². The van der Waals surface area contributed by atoms with Gasteiger partial charge in [0, 0.05) is 45.3 Å². The number of benzene rings is 2. The minimum Gasteiger partial charge on any atom is -0.495 e. The minimum atomic E-state index is -3.76. The first-order valence-corrected chi connectivity index (χ1v) is 13.6. The van der Waals surface area contributed by atoms with E-state index in [1.54, 1.807) is 48.6 Å². The fourth-order valence-corrected chi connectivity index (χ4v) is 5.51. The normalized spacial score (nSPS) is 17.7. The van der Waals surface area contributed by atoms with Crippen molar-refractivity contribution in [2.24, 2.45) is 0 Å². The SMILES string of the molecule is COc1ccccc1NS(=O)(=O)c1ccc(C=CC(=O)N2CCN(CCN3CCCC3)CC2)cc1. The molecule has 4 rings (SSSR count). The molecule has 0 bridgehead atoms. The summed E-state index contributed by atoms with van der Waals surface area (Å²) in [6.07, 6.45) is 5.92. The molecule has 2 aromatic rings. The van der Waals surface area contributed by atoms with Crippen molar-refractivity contribution < 1.29 is 17.9 Å². The fourth-order valence-electron chi connectivity index (χ4n) is 4.44. The number of anilines is 1. The quantitative estimate of drug-likeness (QED) is 0.536. The van der Waals surface area contributed by atoms with Gasteiger partial charge in [-0.25, -0.2) is 8.42 Å². The summed E-state index contributed by atoms with van der Waals surface area (Å²) in [5.41, 5.74) is 1.14. The van der Waals surface area contributed by atoms with Crippen LogP contribution in [-0.2, 0) is 14.8 Å². The summed E-state index contributed by atoms with van der Waals surface area (Å²) in [5.74, 6) is 0.431. The average molecular weight is 499 g/mol. The second-order valence-electron chi connectivity index (χ2n) is 8.92. The lowest BCUT2D eigenvalue weighted by molar-refractivity contribution is -0.127. The molecule has 2 aliphatic heterocycles. The zero-order valence-electron chi connectivity index (χ0n) is 20.2. The van der Waals surface area contributed by atoms with Gasteiger partial charge in [-0.2, -0.15) is 0 Å². The highest BCUT2D eigenvalue weighted by Crippen LogP contribution is 2.26. The first-order valence-electron chi connectivity index (χ1n) is 12.1. The molecular weight excluding hydrogens is 464 g/mol. The van der Waals surface area contributed by atoms with Gasteiger partial charge >= 0.3 is 0 Å². The predicted molar refractivity (Wildman–Crippen MR) is 138 cm³/mol. The van der Waals surface area contributed by atoms with Gasteiger partial charge < -0.3 is 14.5 Å². The standard InChI is InChI=1S/C26H34N4O4S/c1-34-25-7-3-2-6-24(25)27-35(32,33)23-11-8-22(9-12-23)10-13-26(31)30-20-18-29(19-21-30)17-16-28-14-4-5-15-28/h2-3,6-13,27H,4-5,14-21H2,1H3. The van der Waals surface area contributed by atoms with E-state index < -0.39 is 10.0 Å². The largest absolute Gasteiger partial charge is 0.495 e. The number of nitrogens with one attached hydrogen (secondary N) is 1. The highest BCUT2D eigenvalue weighted by molar-refractivity contribution is 7.92. The summed E-state index contributed by atoms with van der Waals surface area (Å²) < 4.78 is 33.3. The Morgan fingerprint density at radius 2 is 1.54 bits per heavy atom. The first kappa shape index (κ1) is 25.2. The predicted octanol–water partition coefficient (Wildman–Crippen LogP) is 2.75. The molecule has 0 aromatic heterocycles. The monoisotopic (exact) mass is 498 g/mol. The Kier molecular flexibility index (Phi) is 8.43. The van der Waals surface area contributed by atoms with Gasteiger partial charge in [-0.05, 0) is 61.8 Å². The van der Waals surface area contributed by atoms with Crippen LogP contribution in [0.2, 0.25) is 0 Å². The number of carbonyl (C=O) groups excluding carboxylic acids is 1. The van der Waals surface area contributed by atoms with Crippen LogP contribution in [0.1, 0.15) is 18.4 Å². The third kappa shape index (κ3) is 6.84. The van der Waals surface area contributed by atoms with Gasteiger partial charge in [-0.3, -0.25) is 14.4 Å². The van der Waals surface area contributed by atoms with E-state index >= 15 is 0 Å². The summed E-state index contributed by atoms with van der Waals surface area (Å²) in [6, 6.07) is 13.3. The summed E-state index contributed by atoms with van der Waals surface area (Å²) in [6.45, 7) is 7.89. The minimum absolute atomic E-state index is 0.0151. The average Bonchev–Trinajstić information content (AvgIpc) is 3.40. The molecule has 0 radical (unpaired) electrons.